The van der Waals surface area contributed by atoms with Gasteiger partial charge in [0.1, 0.15) is 18.5 Å². The first-order chi connectivity index (χ1) is 13.7. The summed E-state index contributed by atoms with van der Waals surface area (Å²) in [7, 11) is 0. The molecule has 28 heavy (non-hydrogen) atoms. The molecule has 1 aromatic heterocycles. The van der Waals surface area contributed by atoms with Crippen LogP contribution in [0.4, 0.5) is 0 Å². The Morgan fingerprint density at radius 1 is 1.25 bits per heavy atom. The molecule has 1 fully saturated rings. The van der Waals surface area contributed by atoms with Crippen LogP contribution in [0.15, 0.2) is 36.5 Å². The topological polar surface area (TPSA) is 70.1 Å². The molecule has 0 N–H and O–H groups in total. The standard InChI is InChI=1S/C21H24N2O5/c1-15-2-5-17(11-22-15)26-13-18-12-23(8-9-25-18)21(24)7-4-16-3-6-19-20(10-16)28-14-27-19/h2-3,5-6,10-11,18H,4,7-9,12-14H2,1H3. The van der Waals surface area contributed by atoms with Crippen LogP contribution in [0.3, 0.4) is 0 Å². The molecule has 1 atom stereocenters. The monoisotopic (exact) mass is 384 g/mol. The summed E-state index contributed by atoms with van der Waals surface area (Å²) in [6.07, 6.45) is 2.69. The molecule has 3 heterocycles. The molecule has 2 aliphatic heterocycles. The highest BCUT2D eigenvalue weighted by Crippen LogP contribution is 2.32. The molecule has 2 aliphatic rings. The van der Waals surface area contributed by atoms with Gasteiger partial charge in [0.05, 0.1) is 19.3 Å². The van der Waals surface area contributed by atoms with Crippen molar-refractivity contribution in [2.45, 2.75) is 25.9 Å². The van der Waals surface area contributed by atoms with Crippen molar-refractivity contribution in [3.63, 3.8) is 0 Å². The van der Waals surface area contributed by atoms with Crippen LogP contribution in [0.2, 0.25) is 0 Å². The predicted molar refractivity (Wildman–Crippen MR) is 102 cm³/mol. The van der Waals surface area contributed by atoms with E-state index in [9.17, 15) is 4.79 Å². The summed E-state index contributed by atoms with van der Waals surface area (Å²) < 4.78 is 22.2. The Morgan fingerprint density at radius 2 is 2.14 bits per heavy atom. The lowest BCUT2D eigenvalue weighted by Crippen LogP contribution is -2.47. The van der Waals surface area contributed by atoms with Crippen LogP contribution in [0.1, 0.15) is 17.7 Å². The number of aryl methyl sites for hydroxylation is 2. The van der Waals surface area contributed by atoms with Gasteiger partial charge in [-0.2, -0.15) is 0 Å². The zero-order valence-corrected chi connectivity index (χ0v) is 15.9. The molecule has 7 heteroatoms. The lowest BCUT2D eigenvalue weighted by molar-refractivity contribution is -0.139. The van der Waals surface area contributed by atoms with Gasteiger partial charge < -0.3 is 23.8 Å². The molecule has 148 valence electrons. The van der Waals surface area contributed by atoms with Crippen molar-refractivity contribution in [1.82, 2.24) is 9.88 Å². The number of pyridine rings is 1. The number of aromatic nitrogens is 1. The molecule has 0 radical (unpaired) electrons. The number of benzene rings is 1. The van der Waals surface area contributed by atoms with Crippen molar-refractivity contribution in [3.05, 3.63) is 47.8 Å². The average Bonchev–Trinajstić information content (AvgIpc) is 3.20. The number of rotatable bonds is 6. The van der Waals surface area contributed by atoms with Crippen LogP contribution in [0.25, 0.3) is 0 Å². The van der Waals surface area contributed by atoms with Crippen molar-refractivity contribution in [3.8, 4) is 17.2 Å². The summed E-state index contributed by atoms with van der Waals surface area (Å²) in [6.45, 7) is 4.27. The highest BCUT2D eigenvalue weighted by molar-refractivity contribution is 5.76. The van der Waals surface area contributed by atoms with Gasteiger partial charge in [0.2, 0.25) is 12.7 Å². The first kappa shape index (κ1) is 18.6. The maximum atomic E-state index is 12.6. The predicted octanol–water partition coefficient (Wildman–Crippen LogP) is 2.36. The zero-order chi connectivity index (χ0) is 19.3. The van der Waals surface area contributed by atoms with E-state index in [-0.39, 0.29) is 18.8 Å². The minimum absolute atomic E-state index is 0.128. The highest BCUT2D eigenvalue weighted by atomic mass is 16.7. The molecule has 1 saturated heterocycles. The Morgan fingerprint density at radius 3 is 3.00 bits per heavy atom. The van der Waals surface area contributed by atoms with E-state index in [0.29, 0.717) is 44.9 Å². The number of ether oxygens (including phenoxy) is 4. The third-order valence-corrected chi connectivity index (χ3v) is 4.88. The second kappa shape index (κ2) is 8.48. The molecular weight excluding hydrogens is 360 g/mol. The number of hydrogen-bond acceptors (Lipinski definition) is 6. The van der Waals surface area contributed by atoms with Crippen LogP contribution in [0.5, 0.6) is 17.2 Å². The SMILES string of the molecule is Cc1ccc(OCC2CN(C(=O)CCc3ccc4c(c3)OCO4)CCO2)cn1. The molecule has 1 unspecified atom stereocenters. The first-order valence-corrected chi connectivity index (χ1v) is 9.51. The van der Waals surface area contributed by atoms with Crippen LogP contribution in [-0.4, -0.2) is 55.0 Å². The van der Waals surface area contributed by atoms with Gasteiger partial charge in [0.25, 0.3) is 0 Å². The molecule has 1 aromatic carbocycles. The van der Waals surface area contributed by atoms with E-state index in [1.807, 2.05) is 42.2 Å². The summed E-state index contributed by atoms with van der Waals surface area (Å²) in [6, 6.07) is 9.61. The van der Waals surface area contributed by atoms with Crippen molar-refractivity contribution < 1.29 is 23.7 Å². The highest BCUT2D eigenvalue weighted by Gasteiger charge is 2.24. The summed E-state index contributed by atoms with van der Waals surface area (Å²) in [5, 5.41) is 0. The molecule has 0 saturated carbocycles. The molecular formula is C21H24N2O5. The normalized spacial score (nSPS) is 18.2. The Hall–Kier alpha value is -2.80. The number of carbonyl (C=O) groups excluding carboxylic acids is 1. The number of carbonyl (C=O) groups is 1. The summed E-state index contributed by atoms with van der Waals surface area (Å²) in [4.78, 5) is 18.7. The fourth-order valence-corrected chi connectivity index (χ4v) is 3.28. The summed E-state index contributed by atoms with van der Waals surface area (Å²) in [5.74, 6) is 2.34. The van der Waals surface area contributed by atoms with Gasteiger partial charge in [-0.3, -0.25) is 9.78 Å². The van der Waals surface area contributed by atoms with Crippen molar-refractivity contribution in [1.29, 1.82) is 0 Å². The average molecular weight is 384 g/mol. The maximum Gasteiger partial charge on any atom is 0.231 e. The van der Waals surface area contributed by atoms with Gasteiger partial charge in [-0.25, -0.2) is 0 Å². The minimum Gasteiger partial charge on any atom is -0.489 e. The van der Waals surface area contributed by atoms with Gasteiger partial charge in [0.15, 0.2) is 11.5 Å². The zero-order valence-electron chi connectivity index (χ0n) is 15.9. The van der Waals surface area contributed by atoms with Gasteiger partial charge in [-0.1, -0.05) is 6.07 Å². The smallest absolute Gasteiger partial charge is 0.231 e. The van der Waals surface area contributed by atoms with Gasteiger partial charge >= 0.3 is 0 Å². The largest absolute Gasteiger partial charge is 0.489 e. The fraction of sp³-hybridized carbons (Fsp3) is 0.429. The molecule has 2 aromatic rings. The van der Waals surface area contributed by atoms with E-state index in [2.05, 4.69) is 4.98 Å². The maximum absolute atomic E-state index is 12.6. The van der Waals surface area contributed by atoms with E-state index >= 15 is 0 Å². The molecule has 0 bridgehead atoms. The first-order valence-electron chi connectivity index (χ1n) is 9.51. The van der Waals surface area contributed by atoms with Crippen molar-refractivity contribution in [2.75, 3.05) is 33.1 Å². The van der Waals surface area contributed by atoms with E-state index in [0.717, 1.165) is 22.8 Å². The third kappa shape index (κ3) is 4.54. The van der Waals surface area contributed by atoms with Crippen LogP contribution in [0, 0.1) is 6.92 Å². The van der Waals surface area contributed by atoms with Gasteiger partial charge in [-0.15, -0.1) is 0 Å². The Labute approximate surface area is 164 Å². The molecule has 7 nitrogen and oxygen atoms in total. The van der Waals surface area contributed by atoms with Crippen LogP contribution >= 0.6 is 0 Å². The van der Waals surface area contributed by atoms with Crippen molar-refractivity contribution >= 4 is 5.91 Å². The second-order valence-electron chi connectivity index (χ2n) is 6.97. The van der Waals surface area contributed by atoms with E-state index in [4.69, 9.17) is 18.9 Å². The van der Waals surface area contributed by atoms with Gasteiger partial charge in [0, 0.05) is 18.7 Å². The number of amides is 1. The lowest BCUT2D eigenvalue weighted by Gasteiger charge is -2.33. The minimum atomic E-state index is -0.135. The molecule has 0 aliphatic carbocycles. The third-order valence-electron chi connectivity index (χ3n) is 4.88. The Bertz CT molecular complexity index is 824. The Kier molecular flexibility index (Phi) is 5.62. The summed E-state index contributed by atoms with van der Waals surface area (Å²) >= 11 is 0. The molecule has 0 spiro atoms. The number of morpholine rings is 1. The fourth-order valence-electron chi connectivity index (χ4n) is 3.28. The van der Waals surface area contributed by atoms with E-state index in [1.165, 1.54) is 0 Å². The summed E-state index contributed by atoms with van der Waals surface area (Å²) in [5.41, 5.74) is 2.01. The second-order valence-corrected chi connectivity index (χ2v) is 6.97. The van der Waals surface area contributed by atoms with Crippen molar-refractivity contribution in [2.24, 2.45) is 0 Å². The van der Waals surface area contributed by atoms with Crippen LogP contribution < -0.4 is 14.2 Å². The van der Waals surface area contributed by atoms with Gasteiger partial charge in [-0.05, 0) is 43.2 Å². The quantitative estimate of drug-likeness (QED) is 0.762. The number of fused-ring (bicyclic) bond motifs is 1. The lowest BCUT2D eigenvalue weighted by atomic mass is 10.1. The molecule has 1 amide bonds. The van der Waals surface area contributed by atoms with E-state index < -0.39 is 0 Å². The number of hydrogen-bond donors (Lipinski definition) is 0. The number of nitrogens with zero attached hydrogens (tertiary/aromatic N) is 2. The molecule has 4 rings (SSSR count). The van der Waals surface area contributed by atoms with Crippen LogP contribution in [-0.2, 0) is 16.0 Å². The Balaban J connectivity index is 1.25. The van der Waals surface area contributed by atoms with E-state index in [1.54, 1.807) is 6.20 Å².